The van der Waals surface area contributed by atoms with Crippen molar-refractivity contribution in [2.75, 3.05) is 12.8 Å². The molecule has 0 saturated heterocycles. The average Bonchev–Trinajstić information content (AvgIpc) is 3.07. The normalized spacial score (nSPS) is 14.2. The lowest BCUT2D eigenvalue weighted by Crippen LogP contribution is -2.07. The smallest absolute Gasteiger partial charge is 0.130 e. The van der Waals surface area contributed by atoms with Crippen molar-refractivity contribution in [3.05, 3.63) is 59.3 Å². The Balaban J connectivity index is 1.80. The molecule has 0 aliphatic carbocycles. The summed E-state index contributed by atoms with van der Waals surface area (Å²) >= 11 is 0. The quantitative estimate of drug-likeness (QED) is 0.791. The highest BCUT2D eigenvalue weighted by Gasteiger charge is 2.20. The zero-order valence-electron chi connectivity index (χ0n) is 13.3. The Kier molecular flexibility index (Phi) is 3.16. The van der Waals surface area contributed by atoms with Gasteiger partial charge in [0, 0.05) is 24.8 Å². The molecule has 1 aliphatic heterocycles. The van der Waals surface area contributed by atoms with Crippen LogP contribution in [0.1, 0.15) is 16.7 Å². The second-order valence-electron chi connectivity index (χ2n) is 6.12. The molecule has 1 aliphatic rings. The second-order valence-corrected chi connectivity index (χ2v) is 6.12. The maximum Gasteiger partial charge on any atom is 0.130 e. The summed E-state index contributed by atoms with van der Waals surface area (Å²) in [6.07, 6.45) is 1.96. The third-order valence-electron chi connectivity index (χ3n) is 4.37. The highest BCUT2D eigenvalue weighted by molar-refractivity contribution is 5.67. The first-order valence-electron chi connectivity index (χ1n) is 7.70. The molecule has 0 radical (unpaired) electrons. The molecule has 2 aromatic heterocycles. The maximum atomic E-state index is 6.27. The van der Waals surface area contributed by atoms with E-state index < -0.39 is 0 Å². The van der Waals surface area contributed by atoms with Crippen molar-refractivity contribution in [1.82, 2.24) is 19.7 Å². The molecule has 23 heavy (non-hydrogen) atoms. The second kappa shape index (κ2) is 5.21. The van der Waals surface area contributed by atoms with Crippen LogP contribution in [0.25, 0.3) is 17.1 Å². The molecular weight excluding hydrogens is 286 g/mol. The van der Waals surface area contributed by atoms with Crippen LogP contribution in [0.5, 0.6) is 0 Å². The molecule has 0 bridgehead atoms. The molecule has 5 heteroatoms. The van der Waals surface area contributed by atoms with Gasteiger partial charge in [0.05, 0.1) is 11.4 Å². The fraction of sp³-hybridized carbons (Fsp3) is 0.222. The molecule has 0 spiro atoms. The first kappa shape index (κ1) is 14.0. The van der Waals surface area contributed by atoms with Gasteiger partial charge in [-0.15, -0.1) is 0 Å². The lowest BCUT2D eigenvalue weighted by Gasteiger charge is -2.03. The van der Waals surface area contributed by atoms with Gasteiger partial charge in [0.25, 0.3) is 0 Å². The molecule has 0 atom stereocenters. The van der Waals surface area contributed by atoms with Gasteiger partial charge in [-0.2, -0.15) is 5.10 Å². The van der Waals surface area contributed by atoms with Crippen LogP contribution in [-0.2, 0) is 13.1 Å². The van der Waals surface area contributed by atoms with E-state index in [4.69, 9.17) is 10.8 Å². The van der Waals surface area contributed by atoms with Gasteiger partial charge < -0.3 is 5.73 Å². The molecule has 3 heterocycles. The number of hydrogen-bond donors (Lipinski definition) is 1. The fourth-order valence-corrected chi connectivity index (χ4v) is 3.10. The van der Waals surface area contributed by atoms with Crippen molar-refractivity contribution in [2.24, 2.45) is 0 Å². The van der Waals surface area contributed by atoms with Crippen molar-refractivity contribution in [2.45, 2.75) is 20.0 Å². The molecule has 116 valence electrons. The van der Waals surface area contributed by atoms with E-state index >= 15 is 0 Å². The number of pyridine rings is 1. The van der Waals surface area contributed by atoms with Crippen LogP contribution in [0.4, 0.5) is 5.82 Å². The molecule has 0 fully saturated rings. The molecule has 4 rings (SSSR count). The summed E-state index contributed by atoms with van der Waals surface area (Å²) in [6, 6.07) is 12.1. The molecule has 0 amide bonds. The Morgan fingerprint density at radius 3 is 2.61 bits per heavy atom. The minimum Gasteiger partial charge on any atom is -0.383 e. The average molecular weight is 305 g/mol. The summed E-state index contributed by atoms with van der Waals surface area (Å²) in [4.78, 5) is 6.88. The number of nitrogens with two attached hydrogens (primary N) is 1. The van der Waals surface area contributed by atoms with Crippen LogP contribution in [0.15, 0.2) is 42.6 Å². The summed E-state index contributed by atoms with van der Waals surface area (Å²) in [6.45, 7) is 3.92. The number of nitrogens with zero attached hydrogens (tertiary/aromatic N) is 4. The van der Waals surface area contributed by atoms with E-state index in [1.165, 1.54) is 11.1 Å². The van der Waals surface area contributed by atoms with Gasteiger partial charge >= 0.3 is 0 Å². The van der Waals surface area contributed by atoms with Gasteiger partial charge in [-0.3, -0.25) is 9.88 Å². The van der Waals surface area contributed by atoms with Gasteiger partial charge in [0.2, 0.25) is 0 Å². The molecule has 0 saturated carbocycles. The number of rotatable bonds is 2. The van der Waals surface area contributed by atoms with Gasteiger partial charge in [0.1, 0.15) is 11.5 Å². The Morgan fingerprint density at radius 1 is 1.09 bits per heavy atom. The highest BCUT2D eigenvalue weighted by Crippen LogP contribution is 2.30. The van der Waals surface area contributed by atoms with E-state index in [1.54, 1.807) is 4.68 Å². The Bertz CT molecular complexity index is 867. The molecule has 2 N–H and O–H groups in total. The summed E-state index contributed by atoms with van der Waals surface area (Å²) in [5, 5.41) is 4.71. The third kappa shape index (κ3) is 2.29. The van der Waals surface area contributed by atoms with Crippen molar-refractivity contribution >= 4 is 5.82 Å². The van der Waals surface area contributed by atoms with Crippen LogP contribution in [-0.4, -0.2) is 26.7 Å². The fourth-order valence-electron chi connectivity index (χ4n) is 3.10. The molecule has 5 nitrogen and oxygen atoms in total. The van der Waals surface area contributed by atoms with Crippen molar-refractivity contribution < 1.29 is 0 Å². The third-order valence-corrected chi connectivity index (χ3v) is 4.37. The van der Waals surface area contributed by atoms with E-state index in [0.29, 0.717) is 5.82 Å². The topological polar surface area (TPSA) is 60.0 Å². The Hall–Kier alpha value is -2.66. The molecule has 0 unspecified atom stereocenters. The highest BCUT2D eigenvalue weighted by atomic mass is 15.3. The first-order valence-corrected chi connectivity index (χ1v) is 7.70. The van der Waals surface area contributed by atoms with Crippen LogP contribution < -0.4 is 5.73 Å². The number of benzene rings is 1. The van der Waals surface area contributed by atoms with Crippen molar-refractivity contribution in [3.63, 3.8) is 0 Å². The number of para-hydroxylation sites is 1. The van der Waals surface area contributed by atoms with Crippen LogP contribution in [0, 0.1) is 6.92 Å². The van der Waals surface area contributed by atoms with Crippen molar-refractivity contribution in [3.8, 4) is 17.1 Å². The zero-order valence-corrected chi connectivity index (χ0v) is 13.3. The Morgan fingerprint density at radius 2 is 1.83 bits per heavy atom. The van der Waals surface area contributed by atoms with Crippen LogP contribution in [0.2, 0.25) is 0 Å². The van der Waals surface area contributed by atoms with Crippen LogP contribution >= 0.6 is 0 Å². The van der Waals surface area contributed by atoms with E-state index in [0.717, 1.165) is 35.7 Å². The number of nitrogen functional groups attached to an aromatic ring is 1. The predicted molar refractivity (Wildman–Crippen MR) is 91.1 cm³/mol. The van der Waals surface area contributed by atoms with Gasteiger partial charge in [-0.1, -0.05) is 18.2 Å². The summed E-state index contributed by atoms with van der Waals surface area (Å²) in [5.74, 6) is 0.658. The van der Waals surface area contributed by atoms with Gasteiger partial charge in [-0.05, 0) is 43.3 Å². The number of fused-ring (bicyclic) bond motifs is 1. The summed E-state index contributed by atoms with van der Waals surface area (Å²) < 4.78 is 1.78. The predicted octanol–water partition coefficient (Wildman–Crippen LogP) is 2.77. The van der Waals surface area contributed by atoms with E-state index in [1.807, 2.05) is 43.5 Å². The van der Waals surface area contributed by atoms with E-state index in [-0.39, 0.29) is 0 Å². The largest absolute Gasteiger partial charge is 0.383 e. The zero-order chi connectivity index (χ0) is 16.0. The first-order chi connectivity index (χ1) is 11.1. The summed E-state index contributed by atoms with van der Waals surface area (Å²) in [5.41, 5.74) is 12.6. The number of hydrogen-bond acceptors (Lipinski definition) is 4. The molecule has 3 aromatic rings. The molecular formula is C18H19N5. The lowest BCUT2D eigenvalue weighted by atomic mass is 10.1. The minimum atomic E-state index is 0.658. The summed E-state index contributed by atoms with van der Waals surface area (Å²) in [7, 11) is 2.12. The van der Waals surface area contributed by atoms with Crippen LogP contribution in [0.3, 0.4) is 0 Å². The van der Waals surface area contributed by atoms with Crippen molar-refractivity contribution in [1.29, 1.82) is 0 Å². The van der Waals surface area contributed by atoms with E-state index in [2.05, 4.69) is 23.0 Å². The van der Waals surface area contributed by atoms with E-state index in [9.17, 15) is 0 Å². The standard InChI is InChI=1S/C18H19N5/c1-12-17(16-8-13-10-22(2)11-14(13)9-20-16)21-23(18(12)19)15-6-4-3-5-7-15/h3-9H,10-11,19H2,1-2H3. The lowest BCUT2D eigenvalue weighted by molar-refractivity contribution is 0.353. The Labute approximate surface area is 135 Å². The maximum absolute atomic E-state index is 6.27. The number of anilines is 1. The van der Waals surface area contributed by atoms with Gasteiger partial charge in [0.15, 0.2) is 0 Å². The van der Waals surface area contributed by atoms with Gasteiger partial charge in [-0.25, -0.2) is 4.68 Å². The molecule has 1 aromatic carbocycles. The number of aromatic nitrogens is 3. The minimum absolute atomic E-state index is 0.658. The monoisotopic (exact) mass is 305 g/mol. The SMILES string of the molecule is Cc1c(-c2cc3c(cn2)CN(C)C3)nn(-c2ccccc2)c1N.